The van der Waals surface area contributed by atoms with Crippen LogP contribution in [-0.2, 0) is 4.74 Å². The summed E-state index contributed by atoms with van der Waals surface area (Å²) in [6.07, 6.45) is -4.38. The molecule has 1 rings (SSSR count). The van der Waals surface area contributed by atoms with Crippen molar-refractivity contribution in [1.29, 1.82) is 0 Å². The minimum atomic E-state index is -4.38. The highest BCUT2D eigenvalue weighted by molar-refractivity contribution is 5.91. The molecular weight excluding hydrogens is 255 g/mol. The second-order valence-electron chi connectivity index (χ2n) is 3.23. The lowest BCUT2D eigenvalue weighted by Gasteiger charge is -2.08. The molecule has 0 aromatic carbocycles. The lowest BCUT2D eigenvalue weighted by Crippen LogP contribution is -2.30. The van der Waals surface area contributed by atoms with E-state index in [0.29, 0.717) is 0 Å². The van der Waals surface area contributed by atoms with E-state index in [1.165, 1.54) is 6.07 Å². The predicted octanol–water partition coefficient (Wildman–Crippen LogP) is 0.0786. The zero-order valence-corrected chi connectivity index (χ0v) is 9.08. The van der Waals surface area contributed by atoms with Gasteiger partial charge in [-0.1, -0.05) is 0 Å². The van der Waals surface area contributed by atoms with Gasteiger partial charge in [0.1, 0.15) is 12.3 Å². The van der Waals surface area contributed by atoms with Crippen molar-refractivity contribution in [2.24, 2.45) is 0 Å². The summed E-state index contributed by atoms with van der Waals surface area (Å²) in [6.45, 7) is -1.72. The number of carbonyl (C=O) groups is 1. The quantitative estimate of drug-likeness (QED) is 0.738. The first-order valence-electron chi connectivity index (χ1n) is 4.87. The highest BCUT2D eigenvalue weighted by Gasteiger charge is 2.27. The molecule has 1 aromatic rings. The van der Waals surface area contributed by atoms with Gasteiger partial charge in [0.15, 0.2) is 0 Å². The van der Waals surface area contributed by atoms with Crippen LogP contribution in [0.2, 0.25) is 0 Å². The smallest absolute Gasteiger partial charge is 0.370 e. The third-order valence-electron chi connectivity index (χ3n) is 1.71. The van der Waals surface area contributed by atoms with E-state index in [0.717, 1.165) is 6.07 Å². The third kappa shape index (κ3) is 5.43. The topological polar surface area (TPSA) is 84.1 Å². The van der Waals surface area contributed by atoms with Crippen LogP contribution >= 0.6 is 0 Å². The van der Waals surface area contributed by atoms with E-state index < -0.39 is 24.2 Å². The summed E-state index contributed by atoms with van der Waals surface area (Å²) < 4.78 is 39.4. The first kappa shape index (κ1) is 14.2. The molecule has 9 heteroatoms. The van der Waals surface area contributed by atoms with E-state index in [2.05, 4.69) is 20.3 Å². The molecule has 100 valence electrons. The van der Waals surface area contributed by atoms with Gasteiger partial charge in [-0.15, -0.1) is 0 Å². The summed E-state index contributed by atoms with van der Waals surface area (Å²) in [7, 11) is 0. The van der Waals surface area contributed by atoms with Gasteiger partial charge in [-0.05, 0) is 6.07 Å². The van der Waals surface area contributed by atoms with Crippen LogP contribution in [0.3, 0.4) is 0 Å². The molecule has 0 spiro atoms. The predicted molar refractivity (Wildman–Crippen MR) is 54.1 cm³/mol. The number of nitrogens with zero attached hydrogens (tertiary/aromatic N) is 1. The van der Waals surface area contributed by atoms with E-state index in [9.17, 15) is 22.8 Å². The van der Waals surface area contributed by atoms with Gasteiger partial charge in [-0.2, -0.15) is 18.3 Å². The largest absolute Gasteiger partial charge is 0.411 e. The van der Waals surface area contributed by atoms with Crippen LogP contribution in [0, 0.1) is 0 Å². The summed E-state index contributed by atoms with van der Waals surface area (Å²) in [6, 6.07) is 2.31. The van der Waals surface area contributed by atoms with Crippen LogP contribution in [0.1, 0.15) is 10.5 Å². The molecule has 0 aliphatic rings. The molecule has 0 unspecified atom stereocenters. The average Bonchev–Trinajstić information content (AvgIpc) is 2.27. The molecule has 0 radical (unpaired) electrons. The Labute approximate surface area is 99.1 Å². The highest BCUT2D eigenvalue weighted by Crippen LogP contribution is 2.13. The van der Waals surface area contributed by atoms with Crippen molar-refractivity contribution < 1.29 is 22.7 Å². The van der Waals surface area contributed by atoms with Gasteiger partial charge in [0.2, 0.25) is 0 Å². The number of hydrogen-bond acceptors (Lipinski definition) is 4. The lowest BCUT2D eigenvalue weighted by atomic mass is 10.3. The lowest BCUT2D eigenvalue weighted by molar-refractivity contribution is -0.173. The molecule has 0 aliphatic carbocycles. The maximum atomic E-state index is 11.7. The van der Waals surface area contributed by atoms with Crippen LogP contribution in [0.15, 0.2) is 16.9 Å². The van der Waals surface area contributed by atoms with Crippen molar-refractivity contribution in [1.82, 2.24) is 15.5 Å². The Morgan fingerprint density at radius 2 is 2.17 bits per heavy atom. The maximum Gasteiger partial charge on any atom is 0.411 e. The molecule has 2 N–H and O–H groups in total. The van der Waals surface area contributed by atoms with Crippen LogP contribution in [0.5, 0.6) is 0 Å². The molecule has 0 bridgehead atoms. The molecule has 0 atom stereocenters. The fourth-order valence-corrected chi connectivity index (χ4v) is 0.986. The molecule has 6 nitrogen and oxygen atoms in total. The minimum Gasteiger partial charge on any atom is -0.370 e. The van der Waals surface area contributed by atoms with Gasteiger partial charge in [0, 0.05) is 12.6 Å². The Kier molecular flexibility index (Phi) is 4.84. The van der Waals surface area contributed by atoms with Gasteiger partial charge in [0.25, 0.3) is 11.5 Å². The molecule has 1 amide bonds. The molecule has 0 aliphatic heterocycles. The second-order valence-corrected chi connectivity index (χ2v) is 3.23. The molecule has 18 heavy (non-hydrogen) atoms. The fraction of sp³-hybridized carbons (Fsp3) is 0.444. The number of halogens is 3. The molecule has 0 fully saturated rings. The van der Waals surface area contributed by atoms with Crippen molar-refractivity contribution in [2.75, 3.05) is 19.8 Å². The number of ether oxygens (including phenoxy) is 1. The van der Waals surface area contributed by atoms with Gasteiger partial charge in [-0.25, -0.2) is 5.10 Å². The van der Waals surface area contributed by atoms with Crippen molar-refractivity contribution in [3.8, 4) is 0 Å². The number of H-pyrrole nitrogens is 1. The summed E-state index contributed by atoms with van der Waals surface area (Å²) in [5, 5.41) is 7.79. The Morgan fingerprint density at radius 3 is 2.72 bits per heavy atom. The number of aromatic amines is 1. The van der Waals surface area contributed by atoms with Crippen molar-refractivity contribution in [2.45, 2.75) is 6.18 Å². The average molecular weight is 265 g/mol. The normalized spacial score (nSPS) is 11.3. The Morgan fingerprint density at radius 1 is 1.44 bits per heavy atom. The number of nitrogens with one attached hydrogen (secondary N) is 2. The van der Waals surface area contributed by atoms with Crippen LogP contribution in [0.4, 0.5) is 13.2 Å². The standard InChI is InChI=1S/C9H10F3N3O3/c10-9(11,12)5-18-4-3-13-8(17)6-1-2-7(16)15-14-6/h1-2H,3-5H2,(H,13,17)(H,15,16). The Balaban J connectivity index is 2.26. The summed E-state index contributed by atoms with van der Waals surface area (Å²) >= 11 is 0. The van der Waals surface area contributed by atoms with E-state index in [4.69, 9.17) is 0 Å². The Bertz CT molecular complexity index is 438. The van der Waals surface area contributed by atoms with E-state index >= 15 is 0 Å². The number of rotatable bonds is 5. The summed E-state index contributed by atoms with van der Waals surface area (Å²) in [4.78, 5) is 22.0. The first-order valence-corrected chi connectivity index (χ1v) is 4.87. The van der Waals surface area contributed by atoms with E-state index in [1.807, 2.05) is 0 Å². The molecular formula is C9H10F3N3O3. The van der Waals surface area contributed by atoms with Crippen molar-refractivity contribution >= 4 is 5.91 Å². The zero-order valence-electron chi connectivity index (χ0n) is 9.08. The van der Waals surface area contributed by atoms with Crippen molar-refractivity contribution in [3.05, 3.63) is 28.2 Å². The second kappa shape index (κ2) is 6.15. The number of hydrogen-bond donors (Lipinski definition) is 2. The molecule has 0 saturated carbocycles. The van der Waals surface area contributed by atoms with Gasteiger partial charge in [0.05, 0.1) is 6.61 Å². The number of carbonyl (C=O) groups excluding carboxylic acids is 1. The number of aromatic nitrogens is 2. The van der Waals surface area contributed by atoms with Crippen LogP contribution in [-0.4, -0.2) is 42.0 Å². The first-order chi connectivity index (χ1) is 8.38. The maximum absolute atomic E-state index is 11.7. The van der Waals surface area contributed by atoms with E-state index in [1.54, 1.807) is 0 Å². The number of amides is 1. The third-order valence-corrected chi connectivity index (χ3v) is 1.71. The van der Waals surface area contributed by atoms with Crippen LogP contribution < -0.4 is 10.9 Å². The van der Waals surface area contributed by atoms with Gasteiger partial charge in [-0.3, -0.25) is 9.59 Å². The SMILES string of the molecule is O=C(NCCOCC(F)(F)F)c1ccc(=O)[nH]n1. The van der Waals surface area contributed by atoms with Crippen LogP contribution in [0.25, 0.3) is 0 Å². The molecule has 1 heterocycles. The molecule has 1 aromatic heterocycles. The summed E-state index contributed by atoms with van der Waals surface area (Å²) in [5.74, 6) is -0.609. The monoisotopic (exact) mass is 265 g/mol. The van der Waals surface area contributed by atoms with Gasteiger partial charge >= 0.3 is 6.18 Å². The Hall–Kier alpha value is -1.90. The minimum absolute atomic E-state index is 0.0366. The zero-order chi connectivity index (χ0) is 13.6. The van der Waals surface area contributed by atoms with Crippen molar-refractivity contribution in [3.63, 3.8) is 0 Å². The van der Waals surface area contributed by atoms with E-state index in [-0.39, 0.29) is 18.8 Å². The molecule has 0 saturated heterocycles. The fourth-order valence-electron chi connectivity index (χ4n) is 0.986. The van der Waals surface area contributed by atoms with Gasteiger partial charge < -0.3 is 10.1 Å². The highest BCUT2D eigenvalue weighted by atomic mass is 19.4. The summed E-state index contributed by atoms with van der Waals surface area (Å²) in [5.41, 5.74) is -0.495. The number of alkyl halides is 3.